The molecule has 1 amide bonds. The number of amides is 1. The van der Waals surface area contributed by atoms with Crippen LogP contribution in [-0.2, 0) is 19.5 Å². The van der Waals surface area contributed by atoms with Crippen molar-refractivity contribution in [3.05, 3.63) is 63.1 Å². The minimum atomic E-state index is -0.478. The molecule has 1 aliphatic rings. The quantitative estimate of drug-likeness (QED) is 0.832. The van der Waals surface area contributed by atoms with Crippen LogP contribution in [0.4, 0.5) is 0 Å². The number of hydrogen-bond acceptors (Lipinski definition) is 4. The molecule has 3 rings (SSSR count). The predicted molar refractivity (Wildman–Crippen MR) is 78.0 cm³/mol. The van der Waals surface area contributed by atoms with Crippen molar-refractivity contribution in [3.8, 4) is 0 Å². The van der Waals surface area contributed by atoms with E-state index >= 15 is 0 Å². The Balaban J connectivity index is 1.93. The number of nitrogens with zero attached hydrogens (tertiary/aromatic N) is 2. The number of carbonyl (C=O) groups excluding carboxylic acids is 1. The fraction of sp³-hybridized carbons (Fsp3) is 0.267. The Kier molecular flexibility index (Phi) is 3.53. The molecule has 1 aliphatic heterocycles. The standard InChI is InChI=1S/C15H16N4O2/c16-15(21)11-3-1-2-10(6-11)9-19-14(20)7-12-8-17-5-4-13(12)18-19/h1-3,6-7,17H,4-5,8-9H2,(H2,16,21). The molecule has 2 aromatic rings. The van der Waals surface area contributed by atoms with Crippen molar-refractivity contribution in [3.63, 3.8) is 0 Å². The van der Waals surface area contributed by atoms with Crippen LogP contribution in [0.5, 0.6) is 0 Å². The van der Waals surface area contributed by atoms with Crippen molar-refractivity contribution in [2.45, 2.75) is 19.5 Å². The molecule has 0 radical (unpaired) electrons. The van der Waals surface area contributed by atoms with Gasteiger partial charge in [-0.3, -0.25) is 9.59 Å². The first-order chi connectivity index (χ1) is 10.1. The Labute approximate surface area is 121 Å². The van der Waals surface area contributed by atoms with Gasteiger partial charge in [0.15, 0.2) is 0 Å². The molecule has 2 heterocycles. The van der Waals surface area contributed by atoms with E-state index in [0.717, 1.165) is 29.8 Å². The molecule has 0 bridgehead atoms. The third-order valence-electron chi connectivity index (χ3n) is 3.56. The average molecular weight is 284 g/mol. The zero-order valence-electron chi connectivity index (χ0n) is 11.5. The molecule has 0 spiro atoms. The average Bonchev–Trinajstić information content (AvgIpc) is 2.48. The number of aromatic nitrogens is 2. The van der Waals surface area contributed by atoms with Crippen molar-refractivity contribution in [1.82, 2.24) is 15.1 Å². The SMILES string of the molecule is NC(=O)c1cccc(Cn2nc3c(cc2=O)CNCC3)c1. The molecular formula is C15H16N4O2. The number of hydrogen-bond donors (Lipinski definition) is 2. The molecule has 3 N–H and O–H groups in total. The molecule has 21 heavy (non-hydrogen) atoms. The van der Waals surface area contributed by atoms with E-state index in [1.165, 1.54) is 4.68 Å². The maximum absolute atomic E-state index is 12.1. The molecule has 1 aromatic heterocycles. The van der Waals surface area contributed by atoms with Gasteiger partial charge in [0.1, 0.15) is 0 Å². The molecule has 1 aromatic carbocycles. The highest BCUT2D eigenvalue weighted by Gasteiger charge is 2.13. The van der Waals surface area contributed by atoms with Crippen LogP contribution in [0, 0.1) is 0 Å². The Bertz CT molecular complexity index is 752. The summed E-state index contributed by atoms with van der Waals surface area (Å²) in [5.74, 6) is -0.478. The second-order valence-corrected chi connectivity index (χ2v) is 5.10. The fourth-order valence-corrected chi connectivity index (χ4v) is 2.47. The molecule has 0 saturated heterocycles. The highest BCUT2D eigenvalue weighted by molar-refractivity contribution is 5.92. The highest BCUT2D eigenvalue weighted by Crippen LogP contribution is 2.09. The molecule has 0 unspecified atom stereocenters. The third kappa shape index (κ3) is 2.85. The van der Waals surface area contributed by atoms with Gasteiger partial charge in [-0.1, -0.05) is 12.1 Å². The molecule has 6 nitrogen and oxygen atoms in total. The maximum Gasteiger partial charge on any atom is 0.267 e. The number of nitrogens with two attached hydrogens (primary N) is 1. The summed E-state index contributed by atoms with van der Waals surface area (Å²) in [6.07, 6.45) is 0.816. The first-order valence-corrected chi connectivity index (χ1v) is 6.83. The minimum absolute atomic E-state index is 0.137. The lowest BCUT2D eigenvalue weighted by Gasteiger charge is -2.17. The van der Waals surface area contributed by atoms with Crippen LogP contribution in [0.3, 0.4) is 0 Å². The van der Waals surface area contributed by atoms with E-state index in [-0.39, 0.29) is 5.56 Å². The summed E-state index contributed by atoms with van der Waals surface area (Å²) in [7, 11) is 0. The van der Waals surface area contributed by atoms with Gasteiger partial charge in [-0.05, 0) is 23.3 Å². The van der Waals surface area contributed by atoms with Gasteiger partial charge < -0.3 is 11.1 Å². The number of carbonyl (C=O) groups is 1. The van der Waals surface area contributed by atoms with Crippen LogP contribution < -0.4 is 16.6 Å². The van der Waals surface area contributed by atoms with Crippen LogP contribution in [0.15, 0.2) is 35.1 Å². The lowest BCUT2D eigenvalue weighted by Crippen LogP contribution is -2.31. The molecule has 108 valence electrons. The van der Waals surface area contributed by atoms with Gasteiger partial charge in [-0.15, -0.1) is 0 Å². The van der Waals surface area contributed by atoms with Crippen molar-refractivity contribution in [2.24, 2.45) is 5.73 Å². The highest BCUT2D eigenvalue weighted by atomic mass is 16.1. The normalized spacial score (nSPS) is 13.7. The molecule has 0 saturated carbocycles. The van der Waals surface area contributed by atoms with Gasteiger partial charge >= 0.3 is 0 Å². The van der Waals surface area contributed by atoms with Gasteiger partial charge in [-0.25, -0.2) is 4.68 Å². The largest absolute Gasteiger partial charge is 0.366 e. The summed E-state index contributed by atoms with van der Waals surface area (Å²) in [4.78, 5) is 23.3. The Morgan fingerprint density at radius 2 is 2.24 bits per heavy atom. The summed E-state index contributed by atoms with van der Waals surface area (Å²) in [5.41, 5.74) is 8.32. The molecule has 6 heteroatoms. The van der Waals surface area contributed by atoms with Crippen LogP contribution in [-0.4, -0.2) is 22.2 Å². The van der Waals surface area contributed by atoms with E-state index in [2.05, 4.69) is 10.4 Å². The van der Waals surface area contributed by atoms with E-state index in [1.807, 2.05) is 6.07 Å². The van der Waals surface area contributed by atoms with E-state index in [9.17, 15) is 9.59 Å². The Hall–Kier alpha value is -2.47. The maximum atomic E-state index is 12.1. The Morgan fingerprint density at radius 1 is 1.38 bits per heavy atom. The summed E-state index contributed by atoms with van der Waals surface area (Å²) < 4.78 is 1.43. The smallest absolute Gasteiger partial charge is 0.267 e. The van der Waals surface area contributed by atoms with Gasteiger partial charge in [0, 0.05) is 31.1 Å². The van der Waals surface area contributed by atoms with Gasteiger partial charge in [-0.2, -0.15) is 5.10 Å². The number of fused-ring (bicyclic) bond motifs is 1. The number of primary amides is 1. The van der Waals surface area contributed by atoms with Crippen LogP contribution >= 0.6 is 0 Å². The minimum Gasteiger partial charge on any atom is -0.366 e. The van der Waals surface area contributed by atoms with E-state index in [4.69, 9.17) is 5.73 Å². The van der Waals surface area contributed by atoms with Crippen LogP contribution in [0.25, 0.3) is 0 Å². The van der Waals surface area contributed by atoms with E-state index in [1.54, 1.807) is 24.3 Å². The second-order valence-electron chi connectivity index (χ2n) is 5.10. The zero-order chi connectivity index (χ0) is 14.8. The first kappa shape index (κ1) is 13.5. The van der Waals surface area contributed by atoms with Crippen molar-refractivity contribution in [2.75, 3.05) is 6.54 Å². The second kappa shape index (κ2) is 5.49. The topological polar surface area (TPSA) is 90.0 Å². The number of rotatable bonds is 3. The molecule has 0 atom stereocenters. The molecular weight excluding hydrogens is 268 g/mol. The van der Waals surface area contributed by atoms with Crippen LogP contribution in [0.2, 0.25) is 0 Å². The molecule has 0 fully saturated rings. The monoisotopic (exact) mass is 284 g/mol. The van der Waals surface area contributed by atoms with Crippen molar-refractivity contribution >= 4 is 5.91 Å². The van der Waals surface area contributed by atoms with Crippen LogP contribution in [0.1, 0.15) is 27.2 Å². The predicted octanol–water partition coefficient (Wildman–Crippen LogP) is 0.0362. The summed E-state index contributed by atoms with van der Waals surface area (Å²) in [6.45, 7) is 1.89. The number of nitrogens with one attached hydrogen (secondary N) is 1. The van der Waals surface area contributed by atoms with E-state index < -0.39 is 5.91 Å². The summed E-state index contributed by atoms with van der Waals surface area (Å²) in [6, 6.07) is 8.58. The fourth-order valence-electron chi connectivity index (χ4n) is 2.47. The van der Waals surface area contributed by atoms with Crippen molar-refractivity contribution in [1.29, 1.82) is 0 Å². The number of benzene rings is 1. The van der Waals surface area contributed by atoms with E-state index in [0.29, 0.717) is 18.7 Å². The summed E-state index contributed by atoms with van der Waals surface area (Å²) in [5, 5.41) is 7.65. The third-order valence-corrected chi connectivity index (χ3v) is 3.56. The van der Waals surface area contributed by atoms with Crippen molar-refractivity contribution < 1.29 is 4.79 Å². The lowest BCUT2D eigenvalue weighted by atomic mass is 10.1. The van der Waals surface area contributed by atoms with Gasteiger partial charge in [0.2, 0.25) is 5.91 Å². The summed E-state index contributed by atoms with van der Waals surface area (Å²) >= 11 is 0. The molecule has 0 aliphatic carbocycles. The van der Waals surface area contributed by atoms with Gasteiger partial charge in [0.25, 0.3) is 5.56 Å². The zero-order valence-corrected chi connectivity index (χ0v) is 11.5. The van der Waals surface area contributed by atoms with Gasteiger partial charge in [0.05, 0.1) is 12.2 Å². The Morgan fingerprint density at radius 3 is 3.05 bits per heavy atom. The first-order valence-electron chi connectivity index (χ1n) is 6.83. The lowest BCUT2D eigenvalue weighted by molar-refractivity contribution is 0.1000.